The first-order chi connectivity index (χ1) is 25.8. The van der Waals surface area contributed by atoms with Crippen molar-refractivity contribution in [3.63, 3.8) is 0 Å². The highest BCUT2D eigenvalue weighted by atomic mass is 32.1. The van der Waals surface area contributed by atoms with Crippen LogP contribution in [-0.2, 0) is 0 Å². The maximum Gasteiger partial charge on any atom is 0.136 e. The number of rotatable bonds is 5. The molecule has 0 saturated heterocycles. The minimum absolute atomic E-state index is 0.902. The fraction of sp³-hybridized carbons (Fsp3) is 0. The van der Waals surface area contributed by atoms with Gasteiger partial charge in [-0.2, -0.15) is 0 Å². The van der Waals surface area contributed by atoms with Gasteiger partial charge in [-0.25, -0.2) is 0 Å². The van der Waals surface area contributed by atoms with Gasteiger partial charge in [-0.15, -0.1) is 11.3 Å². The van der Waals surface area contributed by atoms with Crippen molar-refractivity contribution in [3.8, 4) is 22.3 Å². The van der Waals surface area contributed by atoms with Gasteiger partial charge in [-0.05, 0) is 89.0 Å². The number of nitrogens with zero attached hydrogens (tertiary/aromatic N) is 1. The molecule has 0 amide bonds. The second kappa shape index (κ2) is 11.5. The first-order valence-electron chi connectivity index (χ1n) is 17.5. The monoisotopic (exact) mass is 683 g/mol. The summed E-state index contributed by atoms with van der Waals surface area (Å²) in [5.41, 5.74) is 11.6. The molecule has 0 saturated carbocycles. The topological polar surface area (TPSA) is 29.5 Å². The Kier molecular flexibility index (Phi) is 6.42. The normalized spacial score (nSPS) is 11.8. The smallest absolute Gasteiger partial charge is 0.136 e. The van der Waals surface area contributed by atoms with Crippen LogP contribution in [0.1, 0.15) is 0 Å². The fourth-order valence-electron chi connectivity index (χ4n) is 7.98. The predicted molar refractivity (Wildman–Crippen MR) is 219 cm³/mol. The lowest BCUT2D eigenvalue weighted by Gasteiger charge is -2.27. The number of para-hydroxylation sites is 2. The second-order valence-corrected chi connectivity index (χ2v) is 14.3. The summed E-state index contributed by atoms with van der Waals surface area (Å²) in [7, 11) is 0. The van der Waals surface area contributed by atoms with E-state index in [0.29, 0.717) is 0 Å². The molecular weight excluding hydrogens is 655 g/mol. The van der Waals surface area contributed by atoms with Gasteiger partial charge in [0.15, 0.2) is 0 Å². The average molecular weight is 684 g/mol. The lowest BCUT2D eigenvalue weighted by atomic mass is 9.98. The Morgan fingerprint density at radius 3 is 1.38 bits per heavy atom. The molecule has 0 bridgehead atoms. The lowest BCUT2D eigenvalue weighted by Crippen LogP contribution is -2.10. The second-order valence-electron chi connectivity index (χ2n) is 13.2. The third-order valence-electron chi connectivity index (χ3n) is 10.3. The summed E-state index contributed by atoms with van der Waals surface area (Å²) in [5.74, 6) is 0. The van der Waals surface area contributed by atoms with E-state index >= 15 is 0 Å². The number of thiophene rings is 1. The van der Waals surface area contributed by atoms with Crippen LogP contribution in [0.5, 0.6) is 0 Å². The largest absolute Gasteiger partial charge is 0.456 e. The summed E-state index contributed by atoms with van der Waals surface area (Å²) in [6, 6.07) is 62.6. The zero-order chi connectivity index (χ0) is 34.2. The standard InChI is InChI=1S/C48H29NO2S/c1-4-16-40-36(10-1)46-34(13-7-18-42(46)50-40)30-22-26-32(27-23-30)49(39-15-9-21-45-48(39)38-12-3-6-20-44(38)52-45)33-28-24-31(25-29-33)35-14-8-19-43-47(35)37-11-2-5-17-41(37)51-43/h1-29H. The van der Waals surface area contributed by atoms with E-state index in [4.69, 9.17) is 8.83 Å². The van der Waals surface area contributed by atoms with Gasteiger partial charge in [-0.1, -0.05) is 109 Å². The highest BCUT2D eigenvalue weighted by Gasteiger charge is 2.20. The summed E-state index contributed by atoms with van der Waals surface area (Å²) in [4.78, 5) is 2.40. The van der Waals surface area contributed by atoms with Crippen molar-refractivity contribution in [2.24, 2.45) is 0 Å². The van der Waals surface area contributed by atoms with Gasteiger partial charge in [-0.3, -0.25) is 0 Å². The van der Waals surface area contributed by atoms with Crippen molar-refractivity contribution in [3.05, 3.63) is 176 Å². The van der Waals surface area contributed by atoms with Gasteiger partial charge in [0.25, 0.3) is 0 Å². The summed E-state index contributed by atoms with van der Waals surface area (Å²) in [6.07, 6.45) is 0. The molecule has 0 unspecified atom stereocenters. The van der Waals surface area contributed by atoms with Crippen LogP contribution >= 0.6 is 11.3 Å². The number of benzene rings is 8. The molecule has 0 fully saturated rings. The third-order valence-corrected chi connectivity index (χ3v) is 11.4. The van der Waals surface area contributed by atoms with Crippen molar-refractivity contribution in [2.75, 3.05) is 4.90 Å². The van der Waals surface area contributed by atoms with Crippen molar-refractivity contribution in [1.29, 1.82) is 0 Å². The molecule has 0 spiro atoms. The Labute approximate surface area is 303 Å². The van der Waals surface area contributed by atoms with Crippen LogP contribution < -0.4 is 4.90 Å². The van der Waals surface area contributed by atoms with E-state index in [1.807, 2.05) is 35.6 Å². The Bertz CT molecular complexity index is 2970. The molecule has 11 aromatic rings. The molecule has 3 aromatic heterocycles. The van der Waals surface area contributed by atoms with Gasteiger partial charge in [0.2, 0.25) is 0 Å². The highest BCUT2D eigenvalue weighted by Crippen LogP contribution is 2.46. The Balaban J connectivity index is 1.08. The van der Waals surface area contributed by atoms with E-state index in [1.54, 1.807) is 0 Å². The first-order valence-corrected chi connectivity index (χ1v) is 18.3. The molecule has 0 aliphatic heterocycles. The lowest BCUT2D eigenvalue weighted by molar-refractivity contribution is 0.668. The number of hydrogen-bond acceptors (Lipinski definition) is 4. The Morgan fingerprint density at radius 1 is 0.346 bits per heavy atom. The molecule has 8 aromatic carbocycles. The minimum Gasteiger partial charge on any atom is -0.456 e. The SMILES string of the molecule is c1ccc2c(c1)oc1cccc(-c3ccc(N(c4ccc(-c5cccc6oc7ccccc7c56)cc4)c4cccc5sc6ccccc6c45)cc3)c12. The molecule has 244 valence electrons. The zero-order valence-corrected chi connectivity index (χ0v) is 28.7. The van der Waals surface area contributed by atoms with E-state index < -0.39 is 0 Å². The molecule has 0 atom stereocenters. The quantitative estimate of drug-likeness (QED) is 0.181. The molecule has 3 nitrogen and oxygen atoms in total. The summed E-state index contributed by atoms with van der Waals surface area (Å²) >= 11 is 1.84. The van der Waals surface area contributed by atoms with Crippen LogP contribution in [-0.4, -0.2) is 0 Å². The van der Waals surface area contributed by atoms with E-state index in [2.05, 4.69) is 157 Å². The van der Waals surface area contributed by atoms with Gasteiger partial charge in [0.05, 0.1) is 5.69 Å². The van der Waals surface area contributed by atoms with Crippen molar-refractivity contribution >= 4 is 92.4 Å². The molecule has 0 aliphatic rings. The van der Waals surface area contributed by atoms with Crippen LogP contribution in [0.25, 0.3) is 86.3 Å². The average Bonchev–Trinajstić information content (AvgIpc) is 3.90. The van der Waals surface area contributed by atoms with E-state index in [1.165, 1.54) is 20.2 Å². The van der Waals surface area contributed by atoms with Crippen molar-refractivity contribution in [1.82, 2.24) is 0 Å². The summed E-state index contributed by atoms with van der Waals surface area (Å²) in [5, 5.41) is 7.10. The predicted octanol–water partition coefficient (Wildman–Crippen LogP) is 14.7. The van der Waals surface area contributed by atoms with Crippen LogP contribution in [0.2, 0.25) is 0 Å². The van der Waals surface area contributed by atoms with Crippen LogP contribution in [0.3, 0.4) is 0 Å². The van der Waals surface area contributed by atoms with Crippen molar-refractivity contribution in [2.45, 2.75) is 0 Å². The van der Waals surface area contributed by atoms with E-state index in [-0.39, 0.29) is 0 Å². The molecule has 11 rings (SSSR count). The molecule has 52 heavy (non-hydrogen) atoms. The molecule has 0 N–H and O–H groups in total. The van der Waals surface area contributed by atoms with Crippen LogP contribution in [0, 0.1) is 0 Å². The molecule has 0 aliphatic carbocycles. The van der Waals surface area contributed by atoms with Crippen LogP contribution in [0.15, 0.2) is 185 Å². The number of hydrogen-bond donors (Lipinski definition) is 0. The van der Waals surface area contributed by atoms with Gasteiger partial charge >= 0.3 is 0 Å². The first kappa shape index (κ1) is 29.1. The number of anilines is 3. The van der Waals surface area contributed by atoms with Gasteiger partial charge in [0, 0.05) is 53.1 Å². The molecule has 3 heterocycles. The highest BCUT2D eigenvalue weighted by molar-refractivity contribution is 7.26. The minimum atomic E-state index is 0.902. The molecular formula is C48H29NO2S. The van der Waals surface area contributed by atoms with E-state index in [9.17, 15) is 0 Å². The van der Waals surface area contributed by atoms with Gasteiger partial charge < -0.3 is 13.7 Å². The van der Waals surface area contributed by atoms with E-state index in [0.717, 1.165) is 83.2 Å². The Morgan fingerprint density at radius 2 is 0.808 bits per heavy atom. The maximum atomic E-state index is 6.23. The number of furan rings is 2. The third kappa shape index (κ3) is 4.45. The van der Waals surface area contributed by atoms with Gasteiger partial charge in [0.1, 0.15) is 22.3 Å². The van der Waals surface area contributed by atoms with Crippen LogP contribution in [0.4, 0.5) is 17.1 Å². The Hall–Kier alpha value is -6.62. The molecule has 0 radical (unpaired) electrons. The fourth-order valence-corrected chi connectivity index (χ4v) is 9.11. The summed E-state index contributed by atoms with van der Waals surface area (Å²) in [6.45, 7) is 0. The van der Waals surface area contributed by atoms with Crippen molar-refractivity contribution < 1.29 is 8.83 Å². The zero-order valence-electron chi connectivity index (χ0n) is 27.9. The molecule has 4 heteroatoms. The maximum absolute atomic E-state index is 6.23. The summed E-state index contributed by atoms with van der Waals surface area (Å²) < 4.78 is 15.0. The number of fused-ring (bicyclic) bond motifs is 9.